The van der Waals surface area contributed by atoms with Crippen LogP contribution in [0.25, 0.3) is 11.3 Å². The van der Waals surface area contributed by atoms with E-state index in [0.29, 0.717) is 5.56 Å². The normalized spacial score (nSPS) is 19.9. The van der Waals surface area contributed by atoms with E-state index >= 15 is 0 Å². The molecule has 0 spiro atoms. The van der Waals surface area contributed by atoms with Crippen molar-refractivity contribution in [3.05, 3.63) is 64.2 Å². The summed E-state index contributed by atoms with van der Waals surface area (Å²) in [5, 5.41) is 4.91. The topological polar surface area (TPSA) is 86.5 Å². The molecule has 0 radical (unpaired) electrons. The number of Topliss-reactive ketones (excluding diaryl/α,β-unsaturated/α-hetero) is 1. The minimum Gasteiger partial charge on any atom is -0.478 e. The number of nitrogens with two attached hydrogens (primary N) is 1. The molecule has 0 amide bonds. The molecule has 1 atom stereocenters. The third-order valence-corrected chi connectivity index (χ3v) is 6.04. The first-order chi connectivity index (χ1) is 13.8. The van der Waals surface area contributed by atoms with Crippen molar-refractivity contribution in [3.63, 3.8) is 0 Å². The molecule has 10 heteroatoms. The molecule has 1 unspecified atom stereocenters. The van der Waals surface area contributed by atoms with Gasteiger partial charge in [0.15, 0.2) is 5.60 Å². The largest absolute Gasteiger partial charge is 0.478 e. The number of ketones is 1. The molecular formula is C20H17ClF3NO4S. The maximum atomic E-state index is 13.3. The molecule has 5 nitrogen and oxygen atoms in total. The second-order valence-corrected chi connectivity index (χ2v) is 9.01. The number of benzene rings is 2. The lowest BCUT2D eigenvalue weighted by molar-refractivity contribution is -0.137. The number of carbonyl (C=O) groups excluding carboxylic acids is 1. The number of alkyl halides is 3. The Balaban J connectivity index is 2.24. The summed E-state index contributed by atoms with van der Waals surface area (Å²) in [5.41, 5.74) is -2.07. The van der Waals surface area contributed by atoms with Crippen molar-refractivity contribution < 1.29 is 31.1 Å². The van der Waals surface area contributed by atoms with Gasteiger partial charge in [-0.1, -0.05) is 18.5 Å². The van der Waals surface area contributed by atoms with Crippen molar-refractivity contribution in [2.45, 2.75) is 36.9 Å². The lowest BCUT2D eigenvalue weighted by Gasteiger charge is -2.21. The summed E-state index contributed by atoms with van der Waals surface area (Å²) >= 11 is 5.90. The van der Waals surface area contributed by atoms with Crippen molar-refractivity contribution >= 4 is 38.7 Å². The highest BCUT2D eigenvalue weighted by Gasteiger charge is 2.45. The first-order valence-corrected chi connectivity index (χ1v) is 10.7. The number of ether oxygens (including phenoxy) is 1. The smallest absolute Gasteiger partial charge is 0.416 e. The van der Waals surface area contributed by atoms with Gasteiger partial charge in [0, 0.05) is 10.6 Å². The predicted molar refractivity (Wildman–Crippen MR) is 106 cm³/mol. The first-order valence-electron chi connectivity index (χ1n) is 8.76. The Morgan fingerprint density at radius 1 is 1.10 bits per heavy atom. The molecule has 0 bridgehead atoms. The van der Waals surface area contributed by atoms with Crippen LogP contribution >= 0.6 is 11.6 Å². The van der Waals surface area contributed by atoms with Crippen LogP contribution < -0.4 is 5.14 Å². The highest BCUT2D eigenvalue weighted by Crippen LogP contribution is 2.44. The van der Waals surface area contributed by atoms with Crippen molar-refractivity contribution in [2.75, 3.05) is 0 Å². The summed E-state index contributed by atoms with van der Waals surface area (Å²) in [6.45, 7) is 3.25. The van der Waals surface area contributed by atoms with Gasteiger partial charge in [0.1, 0.15) is 5.76 Å². The van der Waals surface area contributed by atoms with Gasteiger partial charge in [0.25, 0.3) is 0 Å². The number of primary sulfonamides is 1. The molecule has 2 aromatic rings. The Labute approximate surface area is 176 Å². The second kappa shape index (κ2) is 7.40. The summed E-state index contributed by atoms with van der Waals surface area (Å²) in [6.07, 6.45) is -4.39. The highest BCUT2D eigenvalue weighted by molar-refractivity contribution is 7.89. The standard InChI is InChI=1S/C20H17ClF3NO4S/c1-3-19(2)18(26)16(12-8-13(20(22,23)24)10-14(21)9-12)17(29-19)11-4-6-15(7-5-11)30(25,27)28/h4-10H,3H2,1-2H3,(H2,25,27,28). The third kappa shape index (κ3) is 4.10. The summed E-state index contributed by atoms with van der Waals surface area (Å²) in [6, 6.07) is 8.06. The Morgan fingerprint density at radius 3 is 2.20 bits per heavy atom. The van der Waals surface area contributed by atoms with Crippen molar-refractivity contribution in [1.82, 2.24) is 0 Å². The van der Waals surface area contributed by atoms with Gasteiger partial charge >= 0.3 is 6.18 Å². The van der Waals surface area contributed by atoms with E-state index in [2.05, 4.69) is 0 Å². The molecule has 1 aliphatic heterocycles. The van der Waals surface area contributed by atoms with Crippen molar-refractivity contribution in [1.29, 1.82) is 0 Å². The predicted octanol–water partition coefficient (Wildman–Crippen LogP) is 4.64. The molecule has 0 fully saturated rings. The van der Waals surface area contributed by atoms with Gasteiger partial charge in [-0.25, -0.2) is 13.6 Å². The number of halogens is 4. The summed E-state index contributed by atoms with van der Waals surface area (Å²) in [4.78, 5) is 13.0. The minimum absolute atomic E-state index is 0.0393. The van der Waals surface area contributed by atoms with Crippen LogP contribution in [0.5, 0.6) is 0 Å². The molecule has 0 aromatic heterocycles. The molecule has 2 N–H and O–H groups in total. The SMILES string of the molecule is CCC1(C)OC(c2ccc(S(N)(=O)=O)cc2)=C(c2cc(Cl)cc(C(F)(F)F)c2)C1=O. The maximum Gasteiger partial charge on any atom is 0.416 e. The fourth-order valence-electron chi connectivity index (χ4n) is 3.08. The van der Waals surface area contributed by atoms with E-state index in [4.69, 9.17) is 21.5 Å². The van der Waals surface area contributed by atoms with E-state index in [0.717, 1.165) is 12.1 Å². The van der Waals surface area contributed by atoms with Gasteiger partial charge in [-0.05, 0) is 61.4 Å². The minimum atomic E-state index is -4.66. The number of rotatable bonds is 4. The van der Waals surface area contributed by atoms with Crippen LogP contribution in [0, 0.1) is 0 Å². The van der Waals surface area contributed by atoms with E-state index in [9.17, 15) is 26.4 Å². The molecule has 3 rings (SSSR count). The van der Waals surface area contributed by atoms with Crippen LogP contribution in [0.15, 0.2) is 47.4 Å². The fraction of sp³-hybridized carbons (Fsp3) is 0.250. The number of carbonyl (C=O) groups is 1. The van der Waals surface area contributed by atoms with Crippen LogP contribution in [-0.4, -0.2) is 19.8 Å². The zero-order chi connectivity index (χ0) is 22.5. The van der Waals surface area contributed by atoms with Gasteiger partial charge in [-0.2, -0.15) is 13.2 Å². The molecule has 0 aliphatic carbocycles. The zero-order valence-corrected chi connectivity index (χ0v) is 17.5. The summed E-state index contributed by atoms with van der Waals surface area (Å²) in [5.74, 6) is -0.452. The van der Waals surface area contributed by atoms with E-state index in [-0.39, 0.29) is 33.2 Å². The number of hydrogen-bond donors (Lipinski definition) is 1. The molecule has 30 heavy (non-hydrogen) atoms. The number of hydrogen-bond acceptors (Lipinski definition) is 4. The second-order valence-electron chi connectivity index (χ2n) is 7.02. The lowest BCUT2D eigenvalue weighted by Crippen LogP contribution is -2.32. The van der Waals surface area contributed by atoms with E-state index in [1.165, 1.54) is 37.3 Å². The van der Waals surface area contributed by atoms with Gasteiger partial charge in [-0.3, -0.25) is 4.79 Å². The van der Waals surface area contributed by atoms with Gasteiger partial charge in [0.2, 0.25) is 15.8 Å². The summed E-state index contributed by atoms with van der Waals surface area (Å²) < 4.78 is 68.6. The molecule has 1 aliphatic rings. The number of sulfonamides is 1. The van der Waals surface area contributed by atoms with Crippen molar-refractivity contribution in [3.8, 4) is 0 Å². The van der Waals surface area contributed by atoms with Gasteiger partial charge in [0.05, 0.1) is 16.0 Å². The van der Waals surface area contributed by atoms with Crippen LogP contribution in [0.1, 0.15) is 37.0 Å². The summed E-state index contributed by atoms with van der Waals surface area (Å²) in [7, 11) is -3.94. The Kier molecular flexibility index (Phi) is 5.51. The molecule has 1 heterocycles. The third-order valence-electron chi connectivity index (χ3n) is 4.90. The molecule has 2 aromatic carbocycles. The van der Waals surface area contributed by atoms with Gasteiger partial charge in [-0.15, -0.1) is 0 Å². The quantitative estimate of drug-likeness (QED) is 0.721. The van der Waals surface area contributed by atoms with Gasteiger partial charge < -0.3 is 4.74 Å². The molecule has 0 saturated heterocycles. The van der Waals surface area contributed by atoms with Crippen LogP contribution in [0.3, 0.4) is 0 Å². The van der Waals surface area contributed by atoms with E-state index < -0.39 is 33.1 Å². The van der Waals surface area contributed by atoms with Crippen molar-refractivity contribution in [2.24, 2.45) is 5.14 Å². The van der Waals surface area contributed by atoms with Crippen LogP contribution in [-0.2, 0) is 25.7 Å². The lowest BCUT2D eigenvalue weighted by atomic mass is 9.89. The Bertz CT molecular complexity index is 1160. The monoisotopic (exact) mass is 459 g/mol. The zero-order valence-electron chi connectivity index (χ0n) is 15.9. The van der Waals surface area contributed by atoms with Crippen LogP contribution in [0.4, 0.5) is 13.2 Å². The maximum absolute atomic E-state index is 13.3. The Hall–Kier alpha value is -2.36. The molecular weight excluding hydrogens is 443 g/mol. The first kappa shape index (κ1) is 22.3. The highest BCUT2D eigenvalue weighted by atomic mass is 35.5. The average Bonchev–Trinajstić information content (AvgIpc) is 2.92. The van der Waals surface area contributed by atoms with Crippen LogP contribution in [0.2, 0.25) is 5.02 Å². The molecule has 160 valence electrons. The fourth-order valence-corrected chi connectivity index (χ4v) is 3.83. The van der Waals surface area contributed by atoms with E-state index in [1.54, 1.807) is 6.92 Å². The van der Waals surface area contributed by atoms with E-state index in [1.807, 2.05) is 0 Å². The molecule has 0 saturated carbocycles. The average molecular weight is 460 g/mol. The Morgan fingerprint density at radius 2 is 1.70 bits per heavy atom.